The minimum atomic E-state index is -4.52. The molecule has 0 aromatic carbocycles. The van der Waals surface area contributed by atoms with E-state index in [0.29, 0.717) is 11.7 Å². The van der Waals surface area contributed by atoms with Gasteiger partial charge in [0.25, 0.3) is 0 Å². The molecular weight excluding hydrogens is 291 g/mol. The topological polar surface area (TPSA) is 76.0 Å². The summed E-state index contributed by atoms with van der Waals surface area (Å²) in [5, 5.41) is 0. The van der Waals surface area contributed by atoms with Crippen molar-refractivity contribution in [3.8, 4) is 0 Å². The summed E-state index contributed by atoms with van der Waals surface area (Å²) < 4.78 is 20.5. The molecule has 0 radical (unpaired) electrons. The molecule has 0 fully saturated rings. The average molecular weight is 318 g/mol. The van der Waals surface area contributed by atoms with Crippen molar-refractivity contribution in [1.29, 1.82) is 0 Å². The van der Waals surface area contributed by atoms with E-state index in [1.807, 2.05) is 45.1 Å². The second-order valence-electron chi connectivity index (χ2n) is 5.10. The quantitative estimate of drug-likeness (QED) is 0.289. The third kappa shape index (κ3) is 9.64. The van der Waals surface area contributed by atoms with Crippen LogP contribution in [0.25, 0.3) is 0 Å². The monoisotopic (exact) mass is 318 g/mol. The smallest absolute Gasteiger partial charge is 0.467 e. The molecule has 0 heterocycles. The van der Waals surface area contributed by atoms with Crippen LogP contribution in [-0.2, 0) is 13.8 Å². The van der Waals surface area contributed by atoms with Gasteiger partial charge in [-0.25, -0.2) is 9.09 Å². The average Bonchev–Trinajstić information content (AvgIpc) is 2.36. The second kappa shape index (κ2) is 9.96. The molecule has 0 aliphatic heterocycles. The van der Waals surface area contributed by atoms with Crippen LogP contribution >= 0.6 is 7.82 Å². The molecule has 0 amide bonds. The predicted molar refractivity (Wildman–Crippen MR) is 84.4 cm³/mol. The summed E-state index contributed by atoms with van der Waals surface area (Å²) in [7, 11) is -4.52. The van der Waals surface area contributed by atoms with Gasteiger partial charge in [0.2, 0.25) is 0 Å². The van der Waals surface area contributed by atoms with Crippen molar-refractivity contribution >= 4 is 7.82 Å². The maximum absolute atomic E-state index is 10.7. The van der Waals surface area contributed by atoms with E-state index in [1.54, 1.807) is 0 Å². The summed E-state index contributed by atoms with van der Waals surface area (Å²) in [5.41, 5.74) is 0.961. The first-order valence-corrected chi connectivity index (χ1v) is 8.62. The molecular formula is C15H27O5P. The normalized spacial score (nSPS) is 15.8. The fraction of sp³-hybridized carbons (Fsp3) is 0.600. The number of ether oxygens (including phenoxy) is 1. The van der Waals surface area contributed by atoms with Crippen LogP contribution in [0.5, 0.6) is 0 Å². The Kier molecular flexibility index (Phi) is 9.54. The zero-order valence-corrected chi connectivity index (χ0v) is 14.3. The maximum Gasteiger partial charge on any atom is 0.472 e. The molecule has 0 saturated carbocycles. The van der Waals surface area contributed by atoms with Crippen LogP contribution in [0.2, 0.25) is 0 Å². The van der Waals surface area contributed by atoms with Gasteiger partial charge in [0.15, 0.2) is 6.79 Å². The molecule has 122 valence electrons. The fourth-order valence-corrected chi connectivity index (χ4v) is 1.71. The van der Waals surface area contributed by atoms with Crippen LogP contribution < -0.4 is 0 Å². The highest BCUT2D eigenvalue weighted by Gasteiger charge is 2.16. The van der Waals surface area contributed by atoms with Crippen molar-refractivity contribution in [2.75, 3.05) is 6.79 Å². The number of hydrogen-bond donors (Lipinski definition) is 2. The zero-order valence-electron chi connectivity index (χ0n) is 13.4. The highest BCUT2D eigenvalue weighted by Crippen LogP contribution is 2.36. The van der Waals surface area contributed by atoms with E-state index in [1.165, 1.54) is 0 Å². The Morgan fingerprint density at radius 1 is 1.29 bits per heavy atom. The lowest BCUT2D eigenvalue weighted by Crippen LogP contribution is -2.07. The highest BCUT2D eigenvalue weighted by molar-refractivity contribution is 7.46. The predicted octanol–water partition coefficient (Wildman–Crippen LogP) is 4.16. The zero-order chi connectivity index (χ0) is 16.5. The Hall–Kier alpha value is -0.870. The van der Waals surface area contributed by atoms with Crippen molar-refractivity contribution in [2.45, 2.75) is 41.0 Å². The van der Waals surface area contributed by atoms with E-state index in [4.69, 9.17) is 14.5 Å². The van der Waals surface area contributed by atoms with Gasteiger partial charge in [-0.1, -0.05) is 45.9 Å². The molecule has 5 nitrogen and oxygen atoms in total. The van der Waals surface area contributed by atoms with E-state index in [2.05, 4.69) is 18.4 Å². The lowest BCUT2D eigenvalue weighted by atomic mass is 9.97. The van der Waals surface area contributed by atoms with Crippen molar-refractivity contribution in [2.24, 2.45) is 11.8 Å². The molecule has 0 rings (SSSR count). The molecule has 2 N–H and O–H groups in total. The first kappa shape index (κ1) is 20.1. The van der Waals surface area contributed by atoms with Crippen molar-refractivity contribution in [3.63, 3.8) is 0 Å². The standard InChI is InChI=1S/C15H27O5P/c1-6-8-9-14(12(3)4)15(10-13(5)7-2)19-11-20-21(16,17)18/h6,8-10,12-13H,7,11H2,1-5H3,(H2,16,17,18)/b8-6-,14-9-,15-10-. The largest absolute Gasteiger partial charge is 0.472 e. The highest BCUT2D eigenvalue weighted by atomic mass is 31.2. The molecule has 1 atom stereocenters. The first-order chi connectivity index (χ1) is 9.71. The molecule has 0 aliphatic rings. The summed E-state index contributed by atoms with van der Waals surface area (Å²) in [4.78, 5) is 17.4. The molecule has 0 aliphatic carbocycles. The summed E-state index contributed by atoms with van der Waals surface area (Å²) in [6.07, 6.45) is 8.66. The van der Waals surface area contributed by atoms with Gasteiger partial charge >= 0.3 is 7.82 Å². The van der Waals surface area contributed by atoms with Crippen LogP contribution in [0, 0.1) is 11.8 Å². The van der Waals surface area contributed by atoms with Gasteiger partial charge in [-0.15, -0.1) is 0 Å². The summed E-state index contributed by atoms with van der Waals surface area (Å²) >= 11 is 0. The maximum atomic E-state index is 10.7. The van der Waals surface area contributed by atoms with Crippen LogP contribution in [0.1, 0.15) is 41.0 Å². The van der Waals surface area contributed by atoms with Crippen LogP contribution in [0.4, 0.5) is 0 Å². The number of allylic oxidation sites excluding steroid dienone is 5. The van der Waals surface area contributed by atoms with Gasteiger partial charge < -0.3 is 14.5 Å². The van der Waals surface area contributed by atoms with E-state index < -0.39 is 14.6 Å². The summed E-state index contributed by atoms with van der Waals surface area (Å²) in [5.74, 6) is 1.11. The Balaban J connectivity index is 5.20. The van der Waals surface area contributed by atoms with Crippen LogP contribution in [0.3, 0.4) is 0 Å². The van der Waals surface area contributed by atoms with Crippen molar-refractivity contribution < 1.29 is 23.6 Å². The number of phosphoric ester groups is 1. The molecule has 0 aromatic heterocycles. The number of phosphoric acid groups is 1. The van der Waals surface area contributed by atoms with Crippen molar-refractivity contribution in [1.82, 2.24) is 0 Å². The SMILES string of the molecule is C\C=C/C=C(\C(=C\C(C)CC)OCOP(=O)(O)O)C(C)C. The third-order valence-electron chi connectivity index (χ3n) is 2.89. The molecule has 0 spiro atoms. The molecule has 0 bridgehead atoms. The first-order valence-electron chi connectivity index (χ1n) is 7.09. The lowest BCUT2D eigenvalue weighted by molar-refractivity contribution is 0.0382. The number of hydrogen-bond acceptors (Lipinski definition) is 3. The lowest BCUT2D eigenvalue weighted by Gasteiger charge is -2.18. The van der Waals surface area contributed by atoms with Gasteiger partial charge in [0.1, 0.15) is 5.76 Å². The molecule has 0 aromatic rings. The Labute approximate surface area is 127 Å². The fourth-order valence-electron chi connectivity index (χ4n) is 1.52. The van der Waals surface area contributed by atoms with E-state index in [-0.39, 0.29) is 5.92 Å². The second-order valence-corrected chi connectivity index (χ2v) is 6.34. The van der Waals surface area contributed by atoms with Gasteiger partial charge in [0, 0.05) is 0 Å². The molecule has 6 heteroatoms. The summed E-state index contributed by atoms with van der Waals surface area (Å²) in [6, 6.07) is 0. The van der Waals surface area contributed by atoms with Crippen LogP contribution in [-0.4, -0.2) is 16.6 Å². The minimum absolute atomic E-state index is 0.214. The Morgan fingerprint density at radius 3 is 2.33 bits per heavy atom. The van der Waals surface area contributed by atoms with Gasteiger partial charge in [-0.3, -0.25) is 0 Å². The molecule has 21 heavy (non-hydrogen) atoms. The van der Waals surface area contributed by atoms with Crippen molar-refractivity contribution in [3.05, 3.63) is 35.6 Å². The Bertz CT molecular complexity index is 431. The molecule has 1 unspecified atom stereocenters. The number of rotatable bonds is 9. The molecule has 0 saturated heterocycles. The van der Waals surface area contributed by atoms with E-state index >= 15 is 0 Å². The minimum Gasteiger partial charge on any atom is -0.467 e. The third-order valence-corrected chi connectivity index (χ3v) is 3.33. The van der Waals surface area contributed by atoms with Gasteiger partial charge in [-0.2, -0.15) is 0 Å². The Morgan fingerprint density at radius 2 is 1.90 bits per heavy atom. The van der Waals surface area contributed by atoms with E-state index in [0.717, 1.165) is 12.0 Å². The van der Waals surface area contributed by atoms with Crippen LogP contribution in [0.15, 0.2) is 35.6 Å². The summed E-state index contributed by atoms with van der Waals surface area (Å²) in [6.45, 7) is 9.63. The van der Waals surface area contributed by atoms with E-state index in [9.17, 15) is 4.57 Å². The van der Waals surface area contributed by atoms with Gasteiger partial charge in [0.05, 0.1) is 0 Å². The van der Waals surface area contributed by atoms with Gasteiger partial charge in [-0.05, 0) is 36.8 Å².